The van der Waals surface area contributed by atoms with Crippen molar-refractivity contribution >= 4 is 17.3 Å². The summed E-state index contributed by atoms with van der Waals surface area (Å²) in [4.78, 5) is 14.5. The van der Waals surface area contributed by atoms with Crippen molar-refractivity contribution in [2.75, 3.05) is 30.0 Å². The van der Waals surface area contributed by atoms with Crippen molar-refractivity contribution in [1.82, 2.24) is 10.2 Å². The quantitative estimate of drug-likeness (QED) is 0.911. The van der Waals surface area contributed by atoms with Crippen LogP contribution in [-0.4, -0.2) is 41.9 Å². The molecule has 1 aromatic heterocycles. The third kappa shape index (κ3) is 2.96. The number of rotatable bonds is 3. The number of H-pyrrole nitrogens is 1. The molecule has 1 aliphatic rings. The fourth-order valence-corrected chi connectivity index (χ4v) is 2.63. The zero-order valence-electron chi connectivity index (χ0n) is 12.8. The van der Waals surface area contributed by atoms with Crippen LogP contribution < -0.4 is 10.2 Å². The molecule has 6 nitrogen and oxygen atoms in total. The van der Waals surface area contributed by atoms with Gasteiger partial charge in [-0.2, -0.15) is 5.10 Å². The van der Waals surface area contributed by atoms with E-state index in [1.54, 1.807) is 0 Å². The summed E-state index contributed by atoms with van der Waals surface area (Å²) < 4.78 is 5.45. The van der Waals surface area contributed by atoms with Gasteiger partial charge in [-0.25, -0.2) is 0 Å². The maximum Gasteiger partial charge on any atom is 0.259 e. The highest BCUT2D eigenvalue weighted by molar-refractivity contribution is 6.04. The molecule has 1 fully saturated rings. The Balaban J connectivity index is 1.69. The lowest BCUT2D eigenvalue weighted by Crippen LogP contribution is -2.43. The Morgan fingerprint density at radius 3 is 2.82 bits per heavy atom. The standard InChI is InChI=1S/C16H20N4O2/c1-11-10-22-8-7-20(11)14-5-3-13(4-6-14)18-16(21)15-9-17-19-12(15)2/h3-6,9,11H,7-8,10H2,1-2H3,(H,17,19)(H,18,21). The molecule has 3 rings (SSSR count). The minimum Gasteiger partial charge on any atom is -0.377 e. The molecule has 1 unspecified atom stereocenters. The molecule has 0 saturated carbocycles. The molecule has 1 atom stereocenters. The number of carbonyl (C=O) groups excluding carboxylic acids is 1. The van der Waals surface area contributed by atoms with Crippen LogP contribution >= 0.6 is 0 Å². The number of hydrogen-bond donors (Lipinski definition) is 2. The number of ether oxygens (including phenoxy) is 1. The number of hydrogen-bond acceptors (Lipinski definition) is 4. The van der Waals surface area contributed by atoms with E-state index in [2.05, 4.69) is 27.3 Å². The molecule has 0 spiro atoms. The summed E-state index contributed by atoms with van der Waals surface area (Å²) in [6.45, 7) is 6.36. The number of nitrogens with zero attached hydrogens (tertiary/aromatic N) is 2. The van der Waals surface area contributed by atoms with Gasteiger partial charge in [-0.05, 0) is 38.1 Å². The number of aromatic nitrogens is 2. The summed E-state index contributed by atoms with van der Waals surface area (Å²) in [5.74, 6) is -0.154. The van der Waals surface area contributed by atoms with E-state index in [1.807, 2.05) is 31.2 Å². The lowest BCUT2D eigenvalue weighted by Gasteiger charge is -2.35. The van der Waals surface area contributed by atoms with Crippen LogP contribution in [0.3, 0.4) is 0 Å². The second-order valence-corrected chi connectivity index (χ2v) is 5.53. The van der Waals surface area contributed by atoms with E-state index in [4.69, 9.17) is 4.74 Å². The number of benzene rings is 1. The van der Waals surface area contributed by atoms with Gasteiger partial charge in [-0.15, -0.1) is 0 Å². The first-order chi connectivity index (χ1) is 10.6. The third-order valence-electron chi connectivity index (χ3n) is 3.90. The fraction of sp³-hybridized carbons (Fsp3) is 0.375. The lowest BCUT2D eigenvalue weighted by atomic mass is 10.2. The highest BCUT2D eigenvalue weighted by Gasteiger charge is 2.19. The van der Waals surface area contributed by atoms with Crippen molar-refractivity contribution in [2.45, 2.75) is 19.9 Å². The zero-order valence-corrected chi connectivity index (χ0v) is 12.8. The number of aryl methyl sites for hydroxylation is 1. The van der Waals surface area contributed by atoms with Gasteiger partial charge < -0.3 is 15.0 Å². The summed E-state index contributed by atoms with van der Waals surface area (Å²) >= 11 is 0. The smallest absolute Gasteiger partial charge is 0.259 e. The van der Waals surface area contributed by atoms with Crippen LogP contribution in [0, 0.1) is 6.92 Å². The van der Waals surface area contributed by atoms with Crippen LogP contribution in [0.15, 0.2) is 30.5 Å². The average molecular weight is 300 g/mol. The van der Waals surface area contributed by atoms with Gasteiger partial charge in [0.15, 0.2) is 0 Å². The second kappa shape index (κ2) is 6.19. The minimum absolute atomic E-state index is 0.154. The van der Waals surface area contributed by atoms with E-state index >= 15 is 0 Å². The Labute approximate surface area is 129 Å². The van der Waals surface area contributed by atoms with Crippen molar-refractivity contribution in [3.8, 4) is 0 Å². The molecule has 1 aliphatic heterocycles. The molecule has 1 saturated heterocycles. The predicted octanol–water partition coefficient (Wildman–Crippen LogP) is 2.20. The number of amides is 1. The van der Waals surface area contributed by atoms with E-state index in [1.165, 1.54) is 6.20 Å². The van der Waals surface area contributed by atoms with Crippen LogP contribution in [0.1, 0.15) is 23.0 Å². The summed E-state index contributed by atoms with van der Waals surface area (Å²) in [5.41, 5.74) is 3.24. The van der Waals surface area contributed by atoms with Crippen LogP contribution in [0.2, 0.25) is 0 Å². The Morgan fingerprint density at radius 1 is 1.41 bits per heavy atom. The van der Waals surface area contributed by atoms with E-state index in [0.29, 0.717) is 11.6 Å². The van der Waals surface area contributed by atoms with Gasteiger partial charge in [-0.3, -0.25) is 9.89 Å². The van der Waals surface area contributed by atoms with E-state index in [0.717, 1.165) is 36.8 Å². The SMILES string of the molecule is Cc1[nH]ncc1C(=O)Nc1ccc(N2CCOCC2C)cc1. The molecule has 2 N–H and O–H groups in total. The predicted molar refractivity (Wildman–Crippen MR) is 85.3 cm³/mol. The summed E-state index contributed by atoms with van der Waals surface area (Å²) in [5, 5.41) is 9.51. The Kier molecular flexibility index (Phi) is 4.11. The number of anilines is 2. The molecule has 2 heterocycles. The molecule has 1 aromatic carbocycles. The van der Waals surface area contributed by atoms with E-state index < -0.39 is 0 Å². The summed E-state index contributed by atoms with van der Waals surface area (Å²) in [6.07, 6.45) is 1.54. The molecule has 0 bridgehead atoms. The number of morpholine rings is 1. The monoisotopic (exact) mass is 300 g/mol. The number of aromatic amines is 1. The first-order valence-electron chi connectivity index (χ1n) is 7.41. The Morgan fingerprint density at radius 2 is 2.18 bits per heavy atom. The van der Waals surface area contributed by atoms with E-state index in [-0.39, 0.29) is 5.91 Å². The van der Waals surface area contributed by atoms with Crippen LogP contribution in [-0.2, 0) is 4.74 Å². The maximum absolute atomic E-state index is 12.1. The first-order valence-corrected chi connectivity index (χ1v) is 7.41. The van der Waals surface area contributed by atoms with Crippen LogP contribution in [0.5, 0.6) is 0 Å². The highest BCUT2D eigenvalue weighted by Crippen LogP contribution is 2.22. The van der Waals surface area contributed by atoms with Gasteiger partial charge in [0, 0.05) is 29.7 Å². The van der Waals surface area contributed by atoms with Crippen molar-refractivity contribution in [3.63, 3.8) is 0 Å². The lowest BCUT2D eigenvalue weighted by molar-refractivity contribution is 0.0989. The molecular formula is C16H20N4O2. The van der Waals surface area contributed by atoms with Gasteiger partial charge >= 0.3 is 0 Å². The fourth-order valence-electron chi connectivity index (χ4n) is 2.63. The summed E-state index contributed by atoms with van der Waals surface area (Å²) in [7, 11) is 0. The highest BCUT2D eigenvalue weighted by atomic mass is 16.5. The topological polar surface area (TPSA) is 70.2 Å². The minimum atomic E-state index is -0.154. The molecule has 116 valence electrons. The van der Waals surface area contributed by atoms with Crippen molar-refractivity contribution in [1.29, 1.82) is 0 Å². The van der Waals surface area contributed by atoms with Gasteiger partial charge in [0.2, 0.25) is 0 Å². The van der Waals surface area contributed by atoms with Gasteiger partial charge in [0.05, 0.1) is 25.0 Å². The van der Waals surface area contributed by atoms with Crippen LogP contribution in [0.25, 0.3) is 0 Å². The molecule has 0 aliphatic carbocycles. The van der Waals surface area contributed by atoms with E-state index in [9.17, 15) is 4.79 Å². The Hall–Kier alpha value is -2.34. The normalized spacial score (nSPS) is 18.3. The average Bonchev–Trinajstić information content (AvgIpc) is 2.95. The third-order valence-corrected chi connectivity index (χ3v) is 3.90. The molecule has 1 amide bonds. The van der Waals surface area contributed by atoms with Crippen molar-refractivity contribution in [3.05, 3.63) is 41.7 Å². The molecule has 6 heteroatoms. The maximum atomic E-state index is 12.1. The van der Waals surface area contributed by atoms with Gasteiger partial charge in [0.25, 0.3) is 5.91 Å². The first kappa shape index (κ1) is 14.6. The van der Waals surface area contributed by atoms with Crippen LogP contribution in [0.4, 0.5) is 11.4 Å². The van der Waals surface area contributed by atoms with Crippen molar-refractivity contribution < 1.29 is 9.53 Å². The summed E-state index contributed by atoms with van der Waals surface area (Å²) in [6, 6.07) is 8.26. The largest absolute Gasteiger partial charge is 0.377 e. The van der Waals surface area contributed by atoms with Gasteiger partial charge in [0.1, 0.15) is 0 Å². The zero-order chi connectivity index (χ0) is 15.5. The van der Waals surface area contributed by atoms with Crippen molar-refractivity contribution in [2.24, 2.45) is 0 Å². The molecule has 22 heavy (non-hydrogen) atoms. The second-order valence-electron chi connectivity index (χ2n) is 5.53. The molecular weight excluding hydrogens is 280 g/mol. The molecule has 2 aromatic rings. The Bertz CT molecular complexity index is 650. The number of carbonyl (C=O) groups is 1. The number of nitrogens with one attached hydrogen (secondary N) is 2. The van der Waals surface area contributed by atoms with Gasteiger partial charge in [-0.1, -0.05) is 0 Å². The molecule has 0 radical (unpaired) electrons.